The summed E-state index contributed by atoms with van der Waals surface area (Å²) in [6, 6.07) is 18.7. The summed E-state index contributed by atoms with van der Waals surface area (Å²) in [5.74, 6) is 0.952. The first-order valence-corrected chi connectivity index (χ1v) is 6.85. The quantitative estimate of drug-likeness (QED) is 0.826. The molecule has 0 unspecified atom stereocenters. The highest BCUT2D eigenvalue weighted by Gasteiger charge is 1.96. The van der Waals surface area contributed by atoms with E-state index >= 15 is 0 Å². The normalized spacial score (nSPS) is 9.85. The van der Waals surface area contributed by atoms with Crippen LogP contribution in [0, 0.1) is 0 Å². The summed E-state index contributed by atoms with van der Waals surface area (Å²) < 4.78 is 5.56. The molecular formula is C17H22ClNO. The largest absolute Gasteiger partial charge is 0.494 e. The molecule has 108 valence electrons. The number of nitrogens with one attached hydrogen (secondary N) is 1. The van der Waals surface area contributed by atoms with E-state index < -0.39 is 0 Å². The van der Waals surface area contributed by atoms with Crippen molar-refractivity contribution in [2.24, 2.45) is 0 Å². The molecule has 0 aromatic heterocycles. The Morgan fingerprint density at radius 1 is 0.850 bits per heavy atom. The minimum Gasteiger partial charge on any atom is -0.494 e. The summed E-state index contributed by atoms with van der Waals surface area (Å²) >= 11 is 0. The fourth-order valence-corrected chi connectivity index (χ4v) is 1.87. The standard InChI is InChI=1S/C17H21NO.ClH/c1-2-12-19-17-10-8-16(9-11-17)14-18-13-15-6-4-3-5-7-15;/h3-11,18H,2,12-14H2,1H3;1H. The van der Waals surface area contributed by atoms with E-state index in [2.05, 4.69) is 48.6 Å². The van der Waals surface area contributed by atoms with Crippen LogP contribution in [0.15, 0.2) is 54.6 Å². The summed E-state index contributed by atoms with van der Waals surface area (Å²) in [7, 11) is 0. The minimum absolute atomic E-state index is 0. The topological polar surface area (TPSA) is 21.3 Å². The second-order valence-corrected chi connectivity index (χ2v) is 4.58. The highest BCUT2D eigenvalue weighted by molar-refractivity contribution is 5.85. The first-order chi connectivity index (χ1) is 9.38. The maximum absolute atomic E-state index is 5.56. The lowest BCUT2D eigenvalue weighted by Gasteiger charge is -2.07. The SMILES string of the molecule is CCCOc1ccc(CNCc2ccccc2)cc1.Cl. The van der Waals surface area contributed by atoms with E-state index in [9.17, 15) is 0 Å². The Morgan fingerprint density at radius 3 is 2.05 bits per heavy atom. The number of hydrogen-bond donors (Lipinski definition) is 1. The Morgan fingerprint density at radius 2 is 1.45 bits per heavy atom. The zero-order valence-corrected chi connectivity index (χ0v) is 12.7. The molecule has 2 aromatic rings. The molecule has 2 aromatic carbocycles. The molecule has 0 aliphatic rings. The van der Waals surface area contributed by atoms with Crippen LogP contribution in [-0.4, -0.2) is 6.61 Å². The van der Waals surface area contributed by atoms with Crippen molar-refractivity contribution in [1.29, 1.82) is 0 Å². The van der Waals surface area contributed by atoms with Gasteiger partial charge in [0.05, 0.1) is 6.61 Å². The van der Waals surface area contributed by atoms with Gasteiger partial charge in [-0.3, -0.25) is 0 Å². The summed E-state index contributed by atoms with van der Waals surface area (Å²) in [6.07, 6.45) is 1.04. The van der Waals surface area contributed by atoms with E-state index in [0.717, 1.165) is 31.9 Å². The van der Waals surface area contributed by atoms with E-state index in [-0.39, 0.29) is 12.4 Å². The molecule has 1 N–H and O–H groups in total. The van der Waals surface area contributed by atoms with Gasteiger partial charge in [-0.2, -0.15) is 0 Å². The van der Waals surface area contributed by atoms with Crippen LogP contribution < -0.4 is 10.1 Å². The third-order valence-corrected chi connectivity index (χ3v) is 2.90. The van der Waals surface area contributed by atoms with E-state index in [0.29, 0.717) is 0 Å². The van der Waals surface area contributed by atoms with Crippen LogP contribution in [-0.2, 0) is 13.1 Å². The Hall–Kier alpha value is -1.51. The van der Waals surface area contributed by atoms with Crippen LogP contribution in [0.2, 0.25) is 0 Å². The van der Waals surface area contributed by atoms with Crippen molar-refractivity contribution >= 4 is 12.4 Å². The lowest BCUT2D eigenvalue weighted by atomic mass is 10.2. The van der Waals surface area contributed by atoms with Crippen molar-refractivity contribution in [3.8, 4) is 5.75 Å². The van der Waals surface area contributed by atoms with E-state index in [1.165, 1.54) is 11.1 Å². The molecule has 0 amide bonds. The van der Waals surface area contributed by atoms with Crippen molar-refractivity contribution < 1.29 is 4.74 Å². The molecule has 0 heterocycles. The van der Waals surface area contributed by atoms with Gasteiger partial charge in [-0.05, 0) is 29.7 Å². The molecule has 0 radical (unpaired) electrons. The van der Waals surface area contributed by atoms with Crippen molar-refractivity contribution in [1.82, 2.24) is 5.32 Å². The predicted molar refractivity (Wildman–Crippen MR) is 86.5 cm³/mol. The van der Waals surface area contributed by atoms with Gasteiger partial charge in [0.2, 0.25) is 0 Å². The molecule has 20 heavy (non-hydrogen) atoms. The molecule has 0 spiro atoms. The Bertz CT molecular complexity index is 470. The Kier molecular flexibility index (Phi) is 7.78. The van der Waals surface area contributed by atoms with Crippen LogP contribution in [0.3, 0.4) is 0 Å². The number of rotatable bonds is 7. The number of benzene rings is 2. The minimum atomic E-state index is 0. The smallest absolute Gasteiger partial charge is 0.119 e. The van der Waals surface area contributed by atoms with Gasteiger partial charge in [-0.1, -0.05) is 49.4 Å². The van der Waals surface area contributed by atoms with Crippen molar-refractivity contribution in [3.63, 3.8) is 0 Å². The van der Waals surface area contributed by atoms with Gasteiger partial charge >= 0.3 is 0 Å². The van der Waals surface area contributed by atoms with E-state index in [4.69, 9.17) is 4.74 Å². The van der Waals surface area contributed by atoms with Crippen LogP contribution >= 0.6 is 12.4 Å². The maximum Gasteiger partial charge on any atom is 0.119 e. The van der Waals surface area contributed by atoms with Gasteiger partial charge in [0, 0.05) is 13.1 Å². The van der Waals surface area contributed by atoms with Crippen molar-refractivity contribution in [2.45, 2.75) is 26.4 Å². The summed E-state index contributed by atoms with van der Waals surface area (Å²) in [6.45, 7) is 4.67. The molecule has 0 aliphatic carbocycles. The summed E-state index contributed by atoms with van der Waals surface area (Å²) in [5.41, 5.74) is 2.59. The Labute approximate surface area is 127 Å². The van der Waals surface area contributed by atoms with Gasteiger partial charge in [0.1, 0.15) is 5.75 Å². The average molecular weight is 292 g/mol. The third-order valence-electron chi connectivity index (χ3n) is 2.90. The lowest BCUT2D eigenvalue weighted by Crippen LogP contribution is -2.12. The highest BCUT2D eigenvalue weighted by atomic mass is 35.5. The molecule has 0 saturated heterocycles. The first-order valence-electron chi connectivity index (χ1n) is 6.85. The fraction of sp³-hybridized carbons (Fsp3) is 0.294. The first kappa shape index (κ1) is 16.5. The van der Waals surface area contributed by atoms with Crippen molar-refractivity contribution in [2.75, 3.05) is 6.61 Å². The zero-order valence-electron chi connectivity index (χ0n) is 11.8. The molecule has 3 heteroatoms. The molecule has 0 fully saturated rings. The van der Waals surface area contributed by atoms with Crippen molar-refractivity contribution in [3.05, 3.63) is 65.7 Å². The molecule has 0 aliphatic heterocycles. The van der Waals surface area contributed by atoms with Gasteiger partial charge in [0.25, 0.3) is 0 Å². The number of hydrogen-bond acceptors (Lipinski definition) is 2. The second-order valence-electron chi connectivity index (χ2n) is 4.58. The molecule has 2 rings (SSSR count). The fourth-order valence-electron chi connectivity index (χ4n) is 1.87. The van der Waals surface area contributed by atoms with Gasteiger partial charge in [0.15, 0.2) is 0 Å². The van der Waals surface area contributed by atoms with Crippen LogP contribution in [0.1, 0.15) is 24.5 Å². The molecular weight excluding hydrogens is 270 g/mol. The monoisotopic (exact) mass is 291 g/mol. The molecule has 0 bridgehead atoms. The van der Waals surface area contributed by atoms with Crippen LogP contribution in [0.4, 0.5) is 0 Å². The summed E-state index contributed by atoms with van der Waals surface area (Å²) in [5, 5.41) is 3.44. The highest BCUT2D eigenvalue weighted by Crippen LogP contribution is 2.12. The summed E-state index contributed by atoms with van der Waals surface area (Å²) in [4.78, 5) is 0. The molecule has 2 nitrogen and oxygen atoms in total. The van der Waals surface area contributed by atoms with Crippen LogP contribution in [0.5, 0.6) is 5.75 Å². The zero-order chi connectivity index (χ0) is 13.3. The molecule has 0 saturated carbocycles. The van der Waals surface area contributed by atoms with E-state index in [1.54, 1.807) is 0 Å². The molecule has 0 atom stereocenters. The maximum atomic E-state index is 5.56. The van der Waals surface area contributed by atoms with Crippen LogP contribution in [0.25, 0.3) is 0 Å². The van der Waals surface area contributed by atoms with E-state index in [1.807, 2.05) is 18.2 Å². The van der Waals surface area contributed by atoms with Gasteiger partial charge in [-0.15, -0.1) is 12.4 Å². The van der Waals surface area contributed by atoms with Gasteiger partial charge in [-0.25, -0.2) is 0 Å². The lowest BCUT2D eigenvalue weighted by molar-refractivity contribution is 0.317. The van der Waals surface area contributed by atoms with Gasteiger partial charge < -0.3 is 10.1 Å². The number of halogens is 1. The average Bonchev–Trinajstić information content (AvgIpc) is 2.47. The Balaban J connectivity index is 0.00000200. The predicted octanol–water partition coefficient (Wildman–Crippen LogP) is 4.19. The second kappa shape index (κ2) is 9.40. The third kappa shape index (κ3) is 5.64. The number of ether oxygens (including phenoxy) is 1.